The van der Waals surface area contributed by atoms with Gasteiger partial charge in [0.2, 0.25) is 0 Å². The monoisotopic (exact) mass is 334 g/mol. The predicted molar refractivity (Wildman–Crippen MR) is 93.5 cm³/mol. The Morgan fingerprint density at radius 2 is 0.952 bits per heavy atom. The molecule has 0 aliphatic rings. The molecule has 104 valence electrons. The fourth-order valence-corrected chi connectivity index (χ4v) is 8.09. The maximum absolute atomic E-state index is 2.31. The van der Waals surface area contributed by atoms with Gasteiger partial charge in [0, 0.05) is 0 Å². The Hall–Kier alpha value is -1.78. The normalized spacial score (nSPS) is 10.8. The molecule has 0 fully saturated rings. The summed E-state index contributed by atoms with van der Waals surface area (Å²) in [6.45, 7) is 4.47. The molecule has 0 spiro atoms. The van der Waals surface area contributed by atoms with E-state index in [0.29, 0.717) is 0 Å². The number of hydrogen-bond acceptors (Lipinski definition) is 0. The first kappa shape index (κ1) is 14.2. The predicted octanol–water partition coefficient (Wildman–Crippen LogP) is 2.82. The van der Waals surface area contributed by atoms with Crippen molar-refractivity contribution in [3.63, 3.8) is 0 Å². The Labute approximate surface area is 131 Å². The quantitative estimate of drug-likeness (QED) is 0.646. The average Bonchev–Trinajstić information content (AvgIpc) is 2.52. The van der Waals surface area contributed by atoms with Crippen LogP contribution in [-0.4, -0.2) is 14.7 Å². The van der Waals surface area contributed by atoms with Gasteiger partial charge in [-0.15, -0.1) is 0 Å². The van der Waals surface area contributed by atoms with Gasteiger partial charge >= 0.3 is 132 Å². The fraction of sp³-hybridized carbons (Fsp3) is 0.100. The molecule has 21 heavy (non-hydrogen) atoms. The molecule has 0 radical (unpaired) electrons. The second kappa shape index (κ2) is 6.33. The third-order valence-corrected chi connectivity index (χ3v) is 9.56. The van der Waals surface area contributed by atoms with Gasteiger partial charge in [-0.3, -0.25) is 0 Å². The van der Waals surface area contributed by atoms with E-state index in [9.17, 15) is 0 Å². The van der Waals surface area contributed by atoms with E-state index in [-0.39, 0.29) is 0 Å². The van der Waals surface area contributed by atoms with E-state index in [2.05, 4.69) is 92.7 Å². The molecule has 0 atom stereocenters. The fourth-order valence-electron chi connectivity index (χ4n) is 2.61. The molecule has 0 nitrogen and oxygen atoms in total. The molecule has 0 bridgehead atoms. The zero-order valence-electron chi connectivity index (χ0n) is 12.5. The van der Waals surface area contributed by atoms with Crippen molar-refractivity contribution >= 4 is 27.7 Å². The molecule has 1 heteroatoms. The molecule has 3 rings (SSSR count). The van der Waals surface area contributed by atoms with Crippen LogP contribution in [0, 0.1) is 13.8 Å². The van der Waals surface area contributed by atoms with Crippen LogP contribution in [0.1, 0.15) is 11.1 Å². The van der Waals surface area contributed by atoms with E-state index in [4.69, 9.17) is 0 Å². The maximum atomic E-state index is 2.31. The van der Waals surface area contributed by atoms with Crippen LogP contribution in [0.5, 0.6) is 0 Å². The number of aryl methyl sites for hydroxylation is 2. The molecular formula is C20H19As. The van der Waals surface area contributed by atoms with E-state index in [1.165, 1.54) is 24.2 Å². The molecule has 0 saturated heterocycles. The molecule has 0 aliphatic carbocycles. The van der Waals surface area contributed by atoms with E-state index in [1.54, 1.807) is 0 Å². The minimum absolute atomic E-state index is 1.41. The summed E-state index contributed by atoms with van der Waals surface area (Å²) >= 11 is -1.47. The summed E-state index contributed by atoms with van der Waals surface area (Å²) < 4.78 is 4.56. The van der Waals surface area contributed by atoms with Gasteiger partial charge in [-0.05, 0) is 0 Å². The van der Waals surface area contributed by atoms with Crippen LogP contribution in [0.25, 0.3) is 0 Å². The molecule has 3 aromatic carbocycles. The van der Waals surface area contributed by atoms with Crippen LogP contribution in [0.4, 0.5) is 0 Å². The van der Waals surface area contributed by atoms with Crippen molar-refractivity contribution < 1.29 is 0 Å². The average molecular weight is 334 g/mol. The van der Waals surface area contributed by atoms with Crippen molar-refractivity contribution in [3.05, 3.63) is 90.0 Å². The minimum atomic E-state index is -1.47. The van der Waals surface area contributed by atoms with Gasteiger partial charge in [0.25, 0.3) is 0 Å². The number of rotatable bonds is 3. The summed E-state index contributed by atoms with van der Waals surface area (Å²) in [5.74, 6) is 0. The summed E-state index contributed by atoms with van der Waals surface area (Å²) in [5, 5.41) is 0. The zero-order chi connectivity index (χ0) is 14.7. The van der Waals surface area contributed by atoms with Crippen LogP contribution in [0.2, 0.25) is 0 Å². The summed E-state index contributed by atoms with van der Waals surface area (Å²) in [6.07, 6.45) is 0. The topological polar surface area (TPSA) is 0 Å². The molecule has 3 aromatic rings. The molecule has 0 N–H and O–H groups in total. The number of hydrogen-bond donors (Lipinski definition) is 0. The van der Waals surface area contributed by atoms with Crippen molar-refractivity contribution in [1.29, 1.82) is 0 Å². The number of benzene rings is 3. The Balaban J connectivity index is 2.22. The summed E-state index contributed by atoms with van der Waals surface area (Å²) in [7, 11) is 0. The van der Waals surface area contributed by atoms with Crippen molar-refractivity contribution in [3.8, 4) is 0 Å². The first-order chi connectivity index (χ1) is 10.3. The van der Waals surface area contributed by atoms with Crippen LogP contribution < -0.4 is 13.1 Å². The first-order valence-electron chi connectivity index (χ1n) is 7.24. The van der Waals surface area contributed by atoms with E-state index < -0.39 is 14.7 Å². The van der Waals surface area contributed by atoms with Crippen molar-refractivity contribution in [2.75, 3.05) is 0 Å². The third-order valence-electron chi connectivity index (χ3n) is 3.73. The summed E-state index contributed by atoms with van der Waals surface area (Å²) in [4.78, 5) is 0. The van der Waals surface area contributed by atoms with Gasteiger partial charge in [0.1, 0.15) is 0 Å². The molecule has 0 aliphatic heterocycles. The van der Waals surface area contributed by atoms with Crippen molar-refractivity contribution in [2.45, 2.75) is 13.8 Å². The molecule has 0 heterocycles. The van der Waals surface area contributed by atoms with Gasteiger partial charge in [-0.1, -0.05) is 0 Å². The zero-order valence-corrected chi connectivity index (χ0v) is 14.3. The van der Waals surface area contributed by atoms with Gasteiger partial charge in [0.15, 0.2) is 0 Å². The molecule has 0 amide bonds. The van der Waals surface area contributed by atoms with E-state index in [0.717, 1.165) is 0 Å². The Bertz CT molecular complexity index is 686. The SMILES string of the molecule is Cc1ccccc1[As](c1ccccc1)c1ccccc1C. The van der Waals surface area contributed by atoms with E-state index >= 15 is 0 Å². The van der Waals surface area contributed by atoms with Crippen LogP contribution in [0.15, 0.2) is 78.9 Å². The third kappa shape index (κ3) is 2.96. The summed E-state index contributed by atoms with van der Waals surface area (Å²) in [6, 6.07) is 28.7. The molecular weight excluding hydrogens is 315 g/mol. The second-order valence-electron chi connectivity index (χ2n) is 5.24. The second-order valence-corrected chi connectivity index (χ2v) is 9.76. The summed E-state index contributed by atoms with van der Waals surface area (Å²) in [5.41, 5.74) is 2.81. The Kier molecular flexibility index (Phi) is 4.27. The Morgan fingerprint density at radius 1 is 0.524 bits per heavy atom. The van der Waals surface area contributed by atoms with Crippen LogP contribution >= 0.6 is 0 Å². The van der Waals surface area contributed by atoms with Crippen molar-refractivity contribution in [2.24, 2.45) is 0 Å². The van der Waals surface area contributed by atoms with Gasteiger partial charge < -0.3 is 0 Å². The van der Waals surface area contributed by atoms with Crippen molar-refractivity contribution in [1.82, 2.24) is 0 Å². The van der Waals surface area contributed by atoms with Gasteiger partial charge in [-0.2, -0.15) is 0 Å². The first-order valence-corrected chi connectivity index (χ1v) is 10.1. The Morgan fingerprint density at radius 3 is 1.43 bits per heavy atom. The van der Waals surface area contributed by atoms with Crippen LogP contribution in [-0.2, 0) is 0 Å². The van der Waals surface area contributed by atoms with Crippen LogP contribution in [0.3, 0.4) is 0 Å². The van der Waals surface area contributed by atoms with E-state index in [1.807, 2.05) is 0 Å². The van der Waals surface area contributed by atoms with Gasteiger partial charge in [-0.25, -0.2) is 0 Å². The molecule has 0 aromatic heterocycles. The van der Waals surface area contributed by atoms with Gasteiger partial charge in [0.05, 0.1) is 0 Å². The molecule has 0 unspecified atom stereocenters. The standard InChI is InChI=1S/C20H19As/c1-16-10-6-8-14-19(16)21(18-12-4-3-5-13-18)20-15-9-7-11-17(20)2/h3-15H,1-2H3. The molecule has 0 saturated carbocycles.